The van der Waals surface area contributed by atoms with Crippen LogP contribution in [0.3, 0.4) is 0 Å². The lowest BCUT2D eigenvalue weighted by Gasteiger charge is -2.72. The summed E-state index contributed by atoms with van der Waals surface area (Å²) >= 11 is 0. The van der Waals surface area contributed by atoms with Crippen LogP contribution in [0, 0.1) is 5.92 Å². The Morgan fingerprint density at radius 1 is 0.381 bits per heavy atom. The van der Waals surface area contributed by atoms with Crippen molar-refractivity contribution in [2.75, 3.05) is 0 Å². The van der Waals surface area contributed by atoms with Gasteiger partial charge >= 0.3 is 23.7 Å². The molecule has 2 aliphatic rings. The van der Waals surface area contributed by atoms with Crippen LogP contribution in [-0.4, -0.2) is 41.2 Å². The third kappa shape index (κ3) is 1.10. The molecule has 0 bridgehead atoms. The first-order valence-corrected chi connectivity index (χ1v) is 4.71. The molecule has 2 saturated carbocycles. The Labute approximate surface area is 105 Å². The molecule has 2 aliphatic carbocycles. The predicted molar refractivity (Wildman–Crippen MR) is 36.8 cm³/mol. The van der Waals surface area contributed by atoms with Crippen molar-refractivity contribution in [2.45, 2.75) is 41.2 Å². The highest BCUT2D eigenvalue weighted by Gasteiger charge is 3.02. The second-order valence-electron chi connectivity index (χ2n) is 4.48. The van der Waals surface area contributed by atoms with Gasteiger partial charge < -0.3 is 0 Å². The van der Waals surface area contributed by atoms with Crippen LogP contribution in [0.2, 0.25) is 0 Å². The van der Waals surface area contributed by atoms with Gasteiger partial charge in [-0.15, -0.1) is 5.92 Å². The van der Waals surface area contributed by atoms with Crippen LogP contribution in [0.5, 0.6) is 0 Å². The summed E-state index contributed by atoms with van der Waals surface area (Å²) in [6.45, 7) is 0. The zero-order valence-corrected chi connectivity index (χ0v) is 8.91. The van der Waals surface area contributed by atoms with E-state index in [0.717, 1.165) is 0 Å². The normalized spacial score (nSPS) is 36.4. The van der Waals surface area contributed by atoms with E-state index in [1.165, 1.54) is 0 Å². The highest BCUT2D eigenvalue weighted by molar-refractivity contribution is 5.51. The summed E-state index contributed by atoms with van der Waals surface area (Å²) in [5.41, 5.74) is -6.61. The van der Waals surface area contributed by atoms with E-state index in [2.05, 4.69) is 0 Å². The third-order valence-electron chi connectivity index (χ3n) is 3.42. The summed E-state index contributed by atoms with van der Waals surface area (Å²) in [4.78, 5) is 0. The Bertz CT molecular complexity index is 452. The Kier molecular flexibility index (Phi) is 2.52. The van der Waals surface area contributed by atoms with Gasteiger partial charge in [-0.2, -0.15) is 35.1 Å². The van der Waals surface area contributed by atoms with Gasteiger partial charge in [0.2, 0.25) is 11.8 Å². The average Bonchev–Trinajstić information content (AvgIpc) is 2.25. The van der Waals surface area contributed by atoms with Crippen molar-refractivity contribution in [1.82, 2.24) is 0 Å². The maximum absolute atomic E-state index is 13.4. The first-order valence-electron chi connectivity index (χ1n) is 4.71. The van der Waals surface area contributed by atoms with Crippen LogP contribution in [0.4, 0.5) is 57.1 Å². The maximum Gasteiger partial charge on any atom is 0.373 e. The number of hydrogen-bond acceptors (Lipinski definition) is 0. The second-order valence-corrected chi connectivity index (χ2v) is 4.48. The number of rotatable bonds is 1. The van der Waals surface area contributed by atoms with E-state index in [1.54, 1.807) is 0 Å². The Balaban J connectivity index is 2.63. The molecule has 0 amide bonds. The molecule has 0 aromatic carbocycles. The van der Waals surface area contributed by atoms with Gasteiger partial charge in [-0.1, -0.05) is 0 Å². The summed E-state index contributed by atoms with van der Waals surface area (Å²) in [6.07, 6.45) is 0. The monoisotopic (exact) mass is 343 g/mol. The van der Waals surface area contributed by atoms with E-state index in [4.69, 9.17) is 0 Å². The molecule has 21 heavy (non-hydrogen) atoms. The molecule has 0 aromatic rings. The topological polar surface area (TPSA) is 0 Å². The third-order valence-corrected chi connectivity index (χ3v) is 3.42. The van der Waals surface area contributed by atoms with Crippen molar-refractivity contribution in [3.63, 3.8) is 0 Å². The quantitative estimate of drug-likeness (QED) is 0.497. The zero-order chi connectivity index (χ0) is 17.1. The molecule has 13 heteroatoms. The molecule has 0 aromatic heterocycles. The zero-order valence-electron chi connectivity index (χ0n) is 8.91. The van der Waals surface area contributed by atoms with E-state index < -0.39 is 47.1 Å². The van der Waals surface area contributed by atoms with Gasteiger partial charge in [-0.3, -0.25) is 4.39 Å². The van der Waals surface area contributed by atoms with Crippen LogP contribution in [0.1, 0.15) is 0 Å². The van der Waals surface area contributed by atoms with E-state index in [0.29, 0.717) is 0 Å². The fourth-order valence-corrected chi connectivity index (χ4v) is 2.16. The lowest BCUT2D eigenvalue weighted by molar-refractivity contribution is -0.500. The van der Waals surface area contributed by atoms with E-state index in [9.17, 15) is 57.1 Å². The molecule has 0 N–H and O–H groups in total. The van der Waals surface area contributed by atoms with Crippen LogP contribution >= 0.6 is 0 Å². The standard InChI is InChI=1S/C8F13/c9-2(5(14,15)8(20,21)6(2,16)17)1-3(10,11)7(18,19)4(1,12)13/q-1. The number of halogens is 13. The van der Waals surface area contributed by atoms with Gasteiger partial charge in [-0.05, 0) is 0 Å². The van der Waals surface area contributed by atoms with Crippen molar-refractivity contribution in [2.24, 2.45) is 0 Å². The summed E-state index contributed by atoms with van der Waals surface area (Å²) in [5, 5.41) is 0. The molecule has 0 unspecified atom stereocenters. The first kappa shape index (κ1) is 16.5. The summed E-state index contributed by atoms with van der Waals surface area (Å²) in [5.74, 6) is -43.7. The molecule has 2 rings (SSSR count). The molecule has 0 radical (unpaired) electrons. The summed E-state index contributed by atoms with van der Waals surface area (Å²) in [6, 6.07) is 0. The van der Waals surface area contributed by atoms with Crippen molar-refractivity contribution >= 4 is 0 Å². The van der Waals surface area contributed by atoms with E-state index in [-0.39, 0.29) is 0 Å². The molecule has 0 nitrogen and oxygen atoms in total. The molecule has 0 aliphatic heterocycles. The highest BCUT2D eigenvalue weighted by Crippen LogP contribution is 2.80. The molecule has 2 fully saturated rings. The molecule has 0 heterocycles. The van der Waals surface area contributed by atoms with Gasteiger partial charge in [0.05, 0.1) is 0 Å². The minimum atomic E-state index is -6.72. The van der Waals surface area contributed by atoms with Crippen molar-refractivity contribution in [1.29, 1.82) is 0 Å². The van der Waals surface area contributed by atoms with Gasteiger partial charge in [0.15, 0.2) is 0 Å². The van der Waals surface area contributed by atoms with Crippen molar-refractivity contribution in [3.05, 3.63) is 5.92 Å². The van der Waals surface area contributed by atoms with Crippen molar-refractivity contribution < 1.29 is 57.1 Å². The van der Waals surface area contributed by atoms with Crippen LogP contribution < -0.4 is 0 Å². The van der Waals surface area contributed by atoms with Crippen molar-refractivity contribution in [3.8, 4) is 0 Å². The predicted octanol–water partition coefficient (Wildman–Crippen LogP) is 4.11. The molecular formula is C8F13-. The van der Waals surface area contributed by atoms with Crippen LogP contribution in [-0.2, 0) is 0 Å². The Hall–Kier alpha value is -0.910. The molecule has 124 valence electrons. The molecule has 0 spiro atoms. The molecule has 0 atom stereocenters. The minimum absolute atomic E-state index is 4.26. The van der Waals surface area contributed by atoms with Gasteiger partial charge in [0.25, 0.3) is 0 Å². The fourth-order valence-electron chi connectivity index (χ4n) is 2.16. The Morgan fingerprint density at radius 3 is 0.952 bits per heavy atom. The minimum Gasteiger partial charge on any atom is -0.265 e. The van der Waals surface area contributed by atoms with Crippen LogP contribution in [0.15, 0.2) is 0 Å². The first-order chi connectivity index (χ1) is 8.87. The summed E-state index contributed by atoms with van der Waals surface area (Å²) < 4.78 is 165. The Morgan fingerprint density at radius 2 is 0.667 bits per heavy atom. The maximum atomic E-state index is 13.4. The van der Waals surface area contributed by atoms with Gasteiger partial charge in [0.1, 0.15) is 5.67 Å². The number of hydrogen-bond donors (Lipinski definition) is 0. The largest absolute Gasteiger partial charge is 0.373 e. The smallest absolute Gasteiger partial charge is 0.265 e. The number of alkyl halides is 13. The van der Waals surface area contributed by atoms with E-state index >= 15 is 0 Å². The lowest BCUT2D eigenvalue weighted by Crippen LogP contribution is -2.93. The van der Waals surface area contributed by atoms with Crippen LogP contribution in [0.25, 0.3) is 0 Å². The fraction of sp³-hybridized carbons (Fsp3) is 0.875. The van der Waals surface area contributed by atoms with Gasteiger partial charge in [0, 0.05) is 0 Å². The summed E-state index contributed by atoms with van der Waals surface area (Å²) in [7, 11) is 0. The molecular weight excluding hydrogens is 343 g/mol. The SMILES string of the molecule is FC1(F)[C-](C2(F)C(F)(F)C(F)(F)C2(F)F)C(F)(F)C1(F)F. The van der Waals surface area contributed by atoms with E-state index in [1.807, 2.05) is 0 Å². The van der Waals surface area contributed by atoms with Gasteiger partial charge in [-0.25, -0.2) is 17.6 Å². The molecule has 0 saturated heterocycles. The second kappa shape index (κ2) is 3.21. The lowest BCUT2D eigenvalue weighted by atomic mass is 9.53. The average molecular weight is 343 g/mol. The highest BCUT2D eigenvalue weighted by atomic mass is 19.4.